The molecule has 1 aliphatic carbocycles. The van der Waals surface area contributed by atoms with E-state index in [1.54, 1.807) is 32.0 Å². The first-order chi connectivity index (χ1) is 12.0. The van der Waals surface area contributed by atoms with Crippen molar-refractivity contribution in [3.63, 3.8) is 0 Å². The average Bonchev–Trinajstić information content (AvgIpc) is 2.62. The number of anilines is 1. The highest BCUT2D eigenvalue weighted by Crippen LogP contribution is 2.33. The van der Waals surface area contributed by atoms with Crippen LogP contribution in [0.2, 0.25) is 0 Å². The van der Waals surface area contributed by atoms with Crippen molar-refractivity contribution in [2.24, 2.45) is 5.41 Å². The molecule has 1 heterocycles. The van der Waals surface area contributed by atoms with E-state index in [0.29, 0.717) is 30.4 Å². The maximum atomic E-state index is 12.6. The molecule has 0 radical (unpaired) electrons. The van der Waals surface area contributed by atoms with E-state index in [-0.39, 0.29) is 17.9 Å². The fourth-order valence-corrected chi connectivity index (χ4v) is 3.12. The van der Waals surface area contributed by atoms with Gasteiger partial charge in [0.05, 0.1) is 0 Å². The largest absolute Gasteiger partial charge is 0.486 e. The molecule has 6 nitrogen and oxygen atoms in total. The third-order valence-corrected chi connectivity index (χ3v) is 4.88. The summed E-state index contributed by atoms with van der Waals surface area (Å²) >= 11 is 0. The number of nitrogens with one attached hydrogen (secondary N) is 2. The second-order valence-electron chi connectivity index (χ2n) is 7.25. The maximum absolute atomic E-state index is 12.6. The number of hydrogen-bond donors (Lipinski definition) is 2. The van der Waals surface area contributed by atoms with Crippen LogP contribution < -0.4 is 20.1 Å². The minimum atomic E-state index is -1.15. The molecule has 1 aliphatic heterocycles. The third kappa shape index (κ3) is 4.06. The van der Waals surface area contributed by atoms with Crippen LogP contribution in [0.3, 0.4) is 0 Å². The van der Waals surface area contributed by atoms with Gasteiger partial charge in [-0.1, -0.05) is 19.3 Å². The van der Waals surface area contributed by atoms with E-state index < -0.39 is 5.41 Å². The molecule has 25 heavy (non-hydrogen) atoms. The van der Waals surface area contributed by atoms with E-state index in [0.717, 1.165) is 25.7 Å². The summed E-state index contributed by atoms with van der Waals surface area (Å²) in [5, 5.41) is 5.85. The minimum absolute atomic E-state index is 0.183. The number of ether oxygens (including phenoxy) is 2. The molecule has 1 aromatic rings. The summed E-state index contributed by atoms with van der Waals surface area (Å²) in [4.78, 5) is 25.2. The van der Waals surface area contributed by atoms with E-state index in [4.69, 9.17) is 9.47 Å². The monoisotopic (exact) mass is 346 g/mol. The summed E-state index contributed by atoms with van der Waals surface area (Å²) < 4.78 is 11.0. The summed E-state index contributed by atoms with van der Waals surface area (Å²) in [7, 11) is 0. The van der Waals surface area contributed by atoms with Crippen LogP contribution in [0.25, 0.3) is 0 Å². The van der Waals surface area contributed by atoms with Crippen LogP contribution in [0.4, 0.5) is 5.69 Å². The van der Waals surface area contributed by atoms with Gasteiger partial charge < -0.3 is 20.1 Å². The molecule has 6 heteroatoms. The molecular weight excluding hydrogens is 320 g/mol. The van der Waals surface area contributed by atoms with Crippen LogP contribution in [0, 0.1) is 5.41 Å². The Labute approximate surface area is 148 Å². The van der Waals surface area contributed by atoms with Gasteiger partial charge in [-0.05, 0) is 38.8 Å². The quantitative estimate of drug-likeness (QED) is 0.822. The molecule has 0 atom stereocenters. The van der Waals surface area contributed by atoms with Gasteiger partial charge in [0.2, 0.25) is 11.8 Å². The number of carbonyl (C=O) groups excluding carboxylic acids is 2. The van der Waals surface area contributed by atoms with Gasteiger partial charge in [-0.2, -0.15) is 0 Å². The molecule has 0 aromatic heterocycles. The predicted octanol–water partition coefficient (Wildman–Crippen LogP) is 2.87. The summed E-state index contributed by atoms with van der Waals surface area (Å²) in [5.74, 6) is 0.707. The van der Waals surface area contributed by atoms with Gasteiger partial charge in [-0.15, -0.1) is 0 Å². The Morgan fingerprint density at radius 2 is 1.68 bits per heavy atom. The van der Waals surface area contributed by atoms with Crippen LogP contribution in [0.15, 0.2) is 18.2 Å². The lowest BCUT2D eigenvalue weighted by Crippen LogP contribution is -2.49. The number of amides is 2. The van der Waals surface area contributed by atoms with Gasteiger partial charge in [-0.3, -0.25) is 9.59 Å². The number of carbonyl (C=O) groups is 2. The van der Waals surface area contributed by atoms with E-state index in [1.165, 1.54) is 6.42 Å². The second kappa shape index (κ2) is 7.33. The number of benzene rings is 1. The lowest BCUT2D eigenvalue weighted by Gasteiger charge is -2.28. The van der Waals surface area contributed by atoms with Crippen LogP contribution in [-0.2, 0) is 9.59 Å². The van der Waals surface area contributed by atoms with Crippen LogP contribution >= 0.6 is 0 Å². The van der Waals surface area contributed by atoms with Crippen LogP contribution in [0.5, 0.6) is 11.5 Å². The van der Waals surface area contributed by atoms with E-state index in [9.17, 15) is 9.59 Å². The van der Waals surface area contributed by atoms with Crippen molar-refractivity contribution >= 4 is 17.5 Å². The van der Waals surface area contributed by atoms with Crippen molar-refractivity contribution in [2.75, 3.05) is 18.5 Å². The van der Waals surface area contributed by atoms with Gasteiger partial charge in [0, 0.05) is 17.8 Å². The Balaban J connectivity index is 1.63. The van der Waals surface area contributed by atoms with Crippen molar-refractivity contribution in [1.82, 2.24) is 5.32 Å². The van der Waals surface area contributed by atoms with E-state index >= 15 is 0 Å². The SMILES string of the molecule is CC(C)(C(=O)Nc1ccc2c(c1)OCCO2)C(=O)NC1CCCCC1. The Bertz CT molecular complexity index is 651. The van der Waals surface area contributed by atoms with Crippen LogP contribution in [-0.4, -0.2) is 31.1 Å². The van der Waals surface area contributed by atoms with Gasteiger partial charge in [0.15, 0.2) is 11.5 Å². The van der Waals surface area contributed by atoms with Crippen molar-refractivity contribution in [3.8, 4) is 11.5 Å². The lowest BCUT2D eigenvalue weighted by atomic mass is 9.88. The predicted molar refractivity (Wildman–Crippen MR) is 94.9 cm³/mol. The number of hydrogen-bond acceptors (Lipinski definition) is 4. The fourth-order valence-electron chi connectivity index (χ4n) is 3.12. The van der Waals surface area contributed by atoms with Gasteiger partial charge in [-0.25, -0.2) is 0 Å². The molecule has 136 valence electrons. The standard InChI is InChI=1S/C19H26N2O4/c1-19(2,17(22)20-13-6-4-3-5-7-13)18(23)21-14-8-9-15-16(12-14)25-11-10-24-15/h8-9,12-13H,3-7,10-11H2,1-2H3,(H,20,22)(H,21,23). The molecule has 3 rings (SSSR count). The van der Waals surface area contributed by atoms with Gasteiger partial charge in [0.25, 0.3) is 0 Å². The third-order valence-electron chi connectivity index (χ3n) is 4.88. The topological polar surface area (TPSA) is 76.7 Å². The molecule has 2 aliphatic rings. The maximum Gasteiger partial charge on any atom is 0.239 e. The Kier molecular flexibility index (Phi) is 5.16. The second-order valence-corrected chi connectivity index (χ2v) is 7.25. The van der Waals surface area contributed by atoms with E-state index in [2.05, 4.69) is 10.6 Å². The summed E-state index contributed by atoms with van der Waals surface area (Å²) in [6.45, 7) is 4.31. The molecule has 2 amide bonds. The zero-order valence-corrected chi connectivity index (χ0v) is 14.9. The zero-order valence-electron chi connectivity index (χ0n) is 14.9. The molecule has 1 fully saturated rings. The Morgan fingerprint density at radius 1 is 1.00 bits per heavy atom. The molecule has 1 aromatic carbocycles. The first-order valence-corrected chi connectivity index (χ1v) is 8.99. The smallest absolute Gasteiger partial charge is 0.239 e. The molecular formula is C19H26N2O4. The van der Waals surface area contributed by atoms with Crippen molar-refractivity contribution in [2.45, 2.75) is 52.0 Å². The van der Waals surface area contributed by atoms with E-state index in [1.807, 2.05) is 0 Å². The average molecular weight is 346 g/mol. The molecule has 0 unspecified atom stereocenters. The first-order valence-electron chi connectivity index (χ1n) is 8.99. The fraction of sp³-hybridized carbons (Fsp3) is 0.579. The highest BCUT2D eigenvalue weighted by Gasteiger charge is 2.37. The highest BCUT2D eigenvalue weighted by atomic mass is 16.6. The molecule has 2 N–H and O–H groups in total. The molecule has 1 saturated carbocycles. The summed E-state index contributed by atoms with van der Waals surface area (Å²) in [5.41, 5.74) is -0.558. The van der Waals surface area contributed by atoms with Crippen molar-refractivity contribution < 1.29 is 19.1 Å². The molecule has 0 saturated heterocycles. The van der Waals surface area contributed by atoms with Crippen molar-refractivity contribution in [3.05, 3.63) is 18.2 Å². The van der Waals surface area contributed by atoms with Gasteiger partial charge >= 0.3 is 0 Å². The normalized spacial score (nSPS) is 17.7. The Hall–Kier alpha value is -2.24. The van der Waals surface area contributed by atoms with Gasteiger partial charge in [0.1, 0.15) is 18.6 Å². The summed E-state index contributed by atoms with van der Waals surface area (Å²) in [6, 6.07) is 5.42. The lowest BCUT2D eigenvalue weighted by molar-refractivity contribution is -0.139. The summed E-state index contributed by atoms with van der Waals surface area (Å²) in [6.07, 6.45) is 5.47. The van der Waals surface area contributed by atoms with Crippen LogP contribution in [0.1, 0.15) is 46.0 Å². The highest BCUT2D eigenvalue weighted by molar-refractivity contribution is 6.10. The number of fused-ring (bicyclic) bond motifs is 1. The molecule has 0 bridgehead atoms. The Morgan fingerprint density at radius 3 is 2.40 bits per heavy atom. The van der Waals surface area contributed by atoms with Crippen molar-refractivity contribution in [1.29, 1.82) is 0 Å². The molecule has 0 spiro atoms. The first kappa shape index (κ1) is 17.6. The minimum Gasteiger partial charge on any atom is -0.486 e. The zero-order chi connectivity index (χ0) is 17.9. The number of rotatable bonds is 4.